The number of rotatable bonds is 2. The highest BCUT2D eigenvalue weighted by Crippen LogP contribution is 2.38. The van der Waals surface area contributed by atoms with Crippen molar-refractivity contribution >= 4 is 11.0 Å². The number of halogens is 3. The molecular weight excluding hydrogens is 269 g/mol. The van der Waals surface area contributed by atoms with Crippen LogP contribution >= 0.6 is 0 Å². The van der Waals surface area contributed by atoms with Crippen LogP contribution in [0, 0.1) is 0 Å². The Labute approximate surface area is 112 Å². The fourth-order valence-corrected chi connectivity index (χ4v) is 1.92. The van der Waals surface area contributed by atoms with Gasteiger partial charge in [-0.2, -0.15) is 13.2 Å². The third kappa shape index (κ3) is 2.34. The maximum absolute atomic E-state index is 12.8. The molecule has 0 bridgehead atoms. The second-order valence-electron chi connectivity index (χ2n) is 4.22. The summed E-state index contributed by atoms with van der Waals surface area (Å²) in [5.74, 6) is 0.888. The average molecular weight is 278 g/mol. The SMILES string of the molecule is FC(F)(F)c1coc2ccc(Oc3ccccc3)cc12. The number of fused-ring (bicyclic) bond motifs is 1. The number of hydrogen-bond donors (Lipinski definition) is 0. The van der Waals surface area contributed by atoms with Crippen molar-refractivity contribution in [2.45, 2.75) is 6.18 Å². The standard InChI is InChI=1S/C15H9F3O2/c16-15(17,18)13-9-19-14-7-6-11(8-12(13)14)20-10-4-2-1-3-5-10/h1-9H. The molecule has 0 aliphatic heterocycles. The van der Waals surface area contributed by atoms with Gasteiger partial charge in [0, 0.05) is 5.39 Å². The van der Waals surface area contributed by atoms with Crippen LogP contribution in [0.4, 0.5) is 13.2 Å². The molecule has 3 aromatic rings. The second-order valence-corrected chi connectivity index (χ2v) is 4.22. The third-order valence-corrected chi connectivity index (χ3v) is 2.83. The lowest BCUT2D eigenvalue weighted by molar-refractivity contribution is -0.136. The summed E-state index contributed by atoms with van der Waals surface area (Å²) in [4.78, 5) is 0. The number of furan rings is 1. The molecule has 0 atom stereocenters. The molecule has 1 heterocycles. The molecule has 0 saturated heterocycles. The van der Waals surface area contributed by atoms with Gasteiger partial charge in [0.25, 0.3) is 0 Å². The summed E-state index contributed by atoms with van der Waals surface area (Å²) in [5.41, 5.74) is -0.622. The molecule has 0 fully saturated rings. The van der Waals surface area contributed by atoms with Crippen molar-refractivity contribution in [3.63, 3.8) is 0 Å². The van der Waals surface area contributed by atoms with Crippen molar-refractivity contribution in [1.29, 1.82) is 0 Å². The van der Waals surface area contributed by atoms with E-state index in [0.717, 1.165) is 6.26 Å². The normalized spacial score (nSPS) is 11.8. The van der Waals surface area contributed by atoms with E-state index in [-0.39, 0.29) is 11.0 Å². The highest BCUT2D eigenvalue weighted by atomic mass is 19.4. The van der Waals surface area contributed by atoms with Crippen LogP contribution in [0.3, 0.4) is 0 Å². The molecule has 5 heteroatoms. The lowest BCUT2D eigenvalue weighted by Crippen LogP contribution is -2.03. The smallest absolute Gasteiger partial charge is 0.420 e. The Morgan fingerprint density at radius 2 is 1.65 bits per heavy atom. The number of hydrogen-bond acceptors (Lipinski definition) is 2. The molecular formula is C15H9F3O2. The predicted molar refractivity (Wildman–Crippen MR) is 67.7 cm³/mol. The first-order valence-electron chi connectivity index (χ1n) is 5.85. The molecule has 0 N–H and O–H groups in total. The summed E-state index contributed by atoms with van der Waals surface area (Å²) in [6.45, 7) is 0. The van der Waals surface area contributed by atoms with Crippen LogP contribution in [0.5, 0.6) is 11.5 Å². The fraction of sp³-hybridized carbons (Fsp3) is 0.0667. The van der Waals surface area contributed by atoms with Crippen molar-refractivity contribution in [1.82, 2.24) is 0 Å². The molecule has 0 spiro atoms. The fourth-order valence-electron chi connectivity index (χ4n) is 1.92. The van der Waals surface area contributed by atoms with Gasteiger partial charge in [-0.15, -0.1) is 0 Å². The molecule has 2 aromatic carbocycles. The quantitative estimate of drug-likeness (QED) is 0.639. The average Bonchev–Trinajstić information content (AvgIpc) is 2.83. The van der Waals surface area contributed by atoms with Crippen LogP contribution in [-0.2, 0) is 6.18 Å². The molecule has 0 aliphatic carbocycles. The van der Waals surface area contributed by atoms with E-state index in [1.807, 2.05) is 6.07 Å². The van der Waals surface area contributed by atoms with E-state index < -0.39 is 11.7 Å². The van der Waals surface area contributed by atoms with Gasteiger partial charge in [0.05, 0.1) is 0 Å². The van der Waals surface area contributed by atoms with Crippen LogP contribution in [0.2, 0.25) is 0 Å². The van der Waals surface area contributed by atoms with Crippen LogP contribution in [0.25, 0.3) is 11.0 Å². The maximum Gasteiger partial charge on any atom is 0.420 e. The summed E-state index contributed by atoms with van der Waals surface area (Å²) >= 11 is 0. The minimum Gasteiger partial charge on any atom is -0.464 e. The molecule has 0 saturated carbocycles. The Morgan fingerprint density at radius 3 is 2.35 bits per heavy atom. The highest BCUT2D eigenvalue weighted by molar-refractivity contribution is 5.83. The predicted octanol–water partition coefficient (Wildman–Crippen LogP) is 5.24. The Bertz CT molecular complexity index is 730. The van der Waals surface area contributed by atoms with Gasteiger partial charge < -0.3 is 9.15 Å². The Balaban J connectivity index is 2.02. The van der Waals surface area contributed by atoms with Gasteiger partial charge in [0.2, 0.25) is 0 Å². The molecule has 2 nitrogen and oxygen atoms in total. The molecule has 0 aliphatic rings. The number of ether oxygens (including phenoxy) is 1. The summed E-state index contributed by atoms with van der Waals surface area (Å²) in [7, 11) is 0. The minimum atomic E-state index is -4.45. The molecule has 20 heavy (non-hydrogen) atoms. The summed E-state index contributed by atoms with van der Waals surface area (Å²) in [6.07, 6.45) is -3.73. The lowest BCUT2D eigenvalue weighted by atomic mass is 10.1. The van der Waals surface area contributed by atoms with Gasteiger partial charge in [0.15, 0.2) is 0 Å². The molecule has 102 valence electrons. The topological polar surface area (TPSA) is 22.4 Å². The van der Waals surface area contributed by atoms with Gasteiger partial charge >= 0.3 is 6.18 Å². The first kappa shape index (κ1) is 12.6. The minimum absolute atomic E-state index is 0.00840. The van der Waals surface area contributed by atoms with Crippen molar-refractivity contribution in [2.75, 3.05) is 0 Å². The Morgan fingerprint density at radius 1 is 0.900 bits per heavy atom. The van der Waals surface area contributed by atoms with Crippen LogP contribution in [0.1, 0.15) is 5.56 Å². The highest BCUT2D eigenvalue weighted by Gasteiger charge is 2.34. The first-order chi connectivity index (χ1) is 9.54. The molecule has 3 rings (SSSR count). The summed E-state index contributed by atoms with van der Waals surface area (Å²) < 4.78 is 48.8. The van der Waals surface area contributed by atoms with Crippen molar-refractivity contribution in [3.8, 4) is 11.5 Å². The van der Waals surface area contributed by atoms with Crippen molar-refractivity contribution in [2.24, 2.45) is 0 Å². The third-order valence-electron chi connectivity index (χ3n) is 2.83. The zero-order chi connectivity index (χ0) is 14.2. The van der Waals surface area contributed by atoms with Crippen molar-refractivity contribution in [3.05, 3.63) is 60.4 Å². The number of benzene rings is 2. The molecule has 0 unspecified atom stereocenters. The first-order valence-corrected chi connectivity index (χ1v) is 5.85. The van der Waals surface area contributed by atoms with Gasteiger partial charge in [-0.25, -0.2) is 0 Å². The van der Waals surface area contributed by atoms with E-state index in [0.29, 0.717) is 11.5 Å². The Hall–Kier alpha value is -2.43. The largest absolute Gasteiger partial charge is 0.464 e. The van der Waals surface area contributed by atoms with Crippen LogP contribution in [0.15, 0.2) is 59.2 Å². The van der Waals surface area contributed by atoms with Gasteiger partial charge in [0.1, 0.15) is 28.9 Å². The number of alkyl halides is 3. The van der Waals surface area contributed by atoms with Crippen molar-refractivity contribution < 1.29 is 22.3 Å². The van der Waals surface area contributed by atoms with E-state index in [9.17, 15) is 13.2 Å². The molecule has 0 radical (unpaired) electrons. The van der Waals surface area contributed by atoms with Gasteiger partial charge in [-0.3, -0.25) is 0 Å². The second kappa shape index (κ2) is 4.59. The lowest BCUT2D eigenvalue weighted by Gasteiger charge is -2.06. The zero-order valence-corrected chi connectivity index (χ0v) is 10.1. The monoisotopic (exact) mass is 278 g/mol. The van der Waals surface area contributed by atoms with E-state index >= 15 is 0 Å². The Kier molecular flexibility index (Phi) is 2.89. The summed E-state index contributed by atoms with van der Waals surface area (Å²) in [5, 5.41) is -0.00840. The molecule has 0 amide bonds. The van der Waals surface area contributed by atoms with E-state index in [1.165, 1.54) is 12.1 Å². The molecule has 1 aromatic heterocycles. The number of para-hydroxylation sites is 1. The zero-order valence-electron chi connectivity index (χ0n) is 10.1. The van der Waals surface area contributed by atoms with E-state index in [4.69, 9.17) is 9.15 Å². The van der Waals surface area contributed by atoms with E-state index in [1.54, 1.807) is 30.3 Å². The van der Waals surface area contributed by atoms with Crippen LogP contribution in [-0.4, -0.2) is 0 Å². The van der Waals surface area contributed by atoms with Gasteiger partial charge in [-0.1, -0.05) is 18.2 Å². The summed E-state index contributed by atoms with van der Waals surface area (Å²) in [6, 6.07) is 13.2. The van der Waals surface area contributed by atoms with E-state index in [2.05, 4.69) is 0 Å². The van der Waals surface area contributed by atoms with Gasteiger partial charge in [-0.05, 0) is 30.3 Å². The maximum atomic E-state index is 12.8. The van der Waals surface area contributed by atoms with Crippen LogP contribution < -0.4 is 4.74 Å².